The highest BCUT2D eigenvalue weighted by molar-refractivity contribution is 5.38. The van der Waals surface area contributed by atoms with Gasteiger partial charge in [-0.25, -0.2) is 0 Å². The third kappa shape index (κ3) is 2.47. The van der Waals surface area contributed by atoms with Gasteiger partial charge in [-0.3, -0.25) is 4.39 Å². The highest BCUT2D eigenvalue weighted by Gasteiger charge is 2.07. The molecule has 1 atom stereocenters. The predicted octanol–water partition coefficient (Wildman–Crippen LogP) is 3.28. The van der Waals surface area contributed by atoms with Crippen molar-refractivity contribution in [1.82, 2.24) is 0 Å². The van der Waals surface area contributed by atoms with Gasteiger partial charge in [0.1, 0.15) is 5.75 Å². The van der Waals surface area contributed by atoms with Gasteiger partial charge in [-0.1, -0.05) is 12.1 Å². The van der Waals surface area contributed by atoms with Crippen molar-refractivity contribution in [3.05, 3.63) is 36.2 Å². The number of halogens is 1. The maximum Gasteiger partial charge on any atom is 0.122 e. The van der Waals surface area contributed by atoms with Crippen molar-refractivity contribution >= 4 is 0 Å². The summed E-state index contributed by atoms with van der Waals surface area (Å²) in [6, 6.07) is 5.71. The van der Waals surface area contributed by atoms with Gasteiger partial charge in [-0.15, -0.1) is 0 Å². The molecule has 0 aromatic heterocycles. The smallest absolute Gasteiger partial charge is 0.122 e. The quantitative estimate of drug-likeness (QED) is 0.716. The summed E-state index contributed by atoms with van der Waals surface area (Å²) in [6.07, 6.45) is 0. The van der Waals surface area contributed by atoms with Crippen LogP contribution in [-0.2, 0) is 0 Å². The Hall–Kier alpha value is -1.05. The minimum Gasteiger partial charge on any atom is -0.494 e. The Balaban J connectivity index is 2.93. The zero-order valence-corrected chi connectivity index (χ0v) is 8.72. The molecule has 0 aliphatic heterocycles. The fourth-order valence-electron chi connectivity index (χ4n) is 1.27. The fraction of sp³-hybridized carbons (Fsp3) is 0.417. The van der Waals surface area contributed by atoms with E-state index in [1.807, 2.05) is 32.0 Å². The molecule has 0 bridgehead atoms. The predicted molar refractivity (Wildman–Crippen MR) is 56.4 cm³/mol. The molecule has 0 aliphatic carbocycles. The summed E-state index contributed by atoms with van der Waals surface area (Å²) < 4.78 is 17.8. The molecule has 0 aliphatic rings. The third-order valence-corrected chi connectivity index (χ3v) is 2.17. The van der Waals surface area contributed by atoms with E-state index in [0.29, 0.717) is 6.61 Å². The van der Waals surface area contributed by atoms with Crippen molar-refractivity contribution in [2.24, 2.45) is 0 Å². The third-order valence-electron chi connectivity index (χ3n) is 2.17. The topological polar surface area (TPSA) is 9.23 Å². The van der Waals surface area contributed by atoms with Crippen LogP contribution in [0.15, 0.2) is 18.2 Å². The van der Waals surface area contributed by atoms with Crippen molar-refractivity contribution in [3.63, 3.8) is 0 Å². The van der Waals surface area contributed by atoms with Crippen LogP contribution in [0.2, 0.25) is 0 Å². The van der Waals surface area contributed by atoms with E-state index in [2.05, 4.69) is 6.92 Å². The lowest BCUT2D eigenvalue weighted by Gasteiger charge is -2.12. The Labute approximate surface area is 84.9 Å². The molecule has 0 spiro atoms. The molecule has 0 N–H and O–H groups in total. The van der Waals surface area contributed by atoms with Crippen LogP contribution >= 0.6 is 0 Å². The number of rotatable bonds is 4. The molecule has 1 aromatic rings. The number of hydrogen-bond donors (Lipinski definition) is 0. The maximum absolute atomic E-state index is 12.4. The molecule has 0 saturated carbocycles. The number of benzene rings is 1. The molecule has 0 heterocycles. The van der Waals surface area contributed by atoms with E-state index in [1.54, 1.807) is 0 Å². The van der Waals surface area contributed by atoms with E-state index in [9.17, 15) is 4.39 Å². The van der Waals surface area contributed by atoms with Gasteiger partial charge in [0, 0.05) is 5.92 Å². The highest BCUT2D eigenvalue weighted by Crippen LogP contribution is 2.24. The molecule has 0 amide bonds. The second-order valence-electron chi connectivity index (χ2n) is 3.31. The maximum atomic E-state index is 12.4. The van der Waals surface area contributed by atoms with E-state index in [-0.39, 0.29) is 5.92 Å². The summed E-state index contributed by atoms with van der Waals surface area (Å²) in [5, 5.41) is 0. The lowest BCUT2D eigenvalue weighted by molar-refractivity contribution is 0.337. The van der Waals surface area contributed by atoms with Crippen molar-refractivity contribution in [1.29, 1.82) is 0 Å². The second kappa shape index (κ2) is 4.99. The Bertz CT molecular complexity index is 296. The van der Waals surface area contributed by atoms with Gasteiger partial charge in [0.2, 0.25) is 0 Å². The van der Waals surface area contributed by atoms with Crippen LogP contribution in [0.25, 0.3) is 0 Å². The van der Waals surface area contributed by atoms with Crippen LogP contribution in [0.4, 0.5) is 4.39 Å². The Morgan fingerprint density at radius 3 is 2.79 bits per heavy atom. The van der Waals surface area contributed by atoms with Gasteiger partial charge in [-0.05, 0) is 38.0 Å². The molecule has 1 rings (SSSR count). The number of ether oxygens (including phenoxy) is 1. The number of hydrogen-bond acceptors (Lipinski definition) is 1. The zero-order chi connectivity index (χ0) is 10.6. The molecule has 2 heteroatoms. The zero-order valence-electron chi connectivity index (χ0n) is 8.72. The summed E-state index contributed by atoms with van der Waals surface area (Å²) in [5.41, 5.74) is 1.96. The van der Waals surface area contributed by atoms with Gasteiger partial charge in [0.15, 0.2) is 0 Å². The van der Waals surface area contributed by atoms with Crippen LogP contribution < -0.4 is 4.74 Å². The molecule has 0 saturated heterocycles. The average Bonchev–Trinajstić information content (AvgIpc) is 2.20. The normalized spacial score (nSPS) is 12.6. The second-order valence-corrected chi connectivity index (χ2v) is 3.31. The largest absolute Gasteiger partial charge is 0.494 e. The SMILES string of the molecule is [CH2]C(CF)c1ccc(C)c(OCC)c1. The van der Waals surface area contributed by atoms with Gasteiger partial charge >= 0.3 is 0 Å². The highest BCUT2D eigenvalue weighted by atomic mass is 19.1. The monoisotopic (exact) mass is 195 g/mol. The van der Waals surface area contributed by atoms with Crippen LogP contribution in [0.3, 0.4) is 0 Å². The summed E-state index contributed by atoms with van der Waals surface area (Å²) in [5.74, 6) is 0.530. The molecule has 1 unspecified atom stereocenters. The first-order valence-corrected chi connectivity index (χ1v) is 4.81. The lowest BCUT2D eigenvalue weighted by atomic mass is 10.0. The van der Waals surface area contributed by atoms with Crippen LogP contribution in [0.1, 0.15) is 24.0 Å². The van der Waals surface area contributed by atoms with Crippen LogP contribution in [0, 0.1) is 13.8 Å². The lowest BCUT2D eigenvalue weighted by Crippen LogP contribution is -1.99. The first-order chi connectivity index (χ1) is 6.69. The van der Waals surface area contributed by atoms with Crippen molar-refractivity contribution in [3.8, 4) is 5.75 Å². The fourth-order valence-corrected chi connectivity index (χ4v) is 1.27. The Morgan fingerprint density at radius 2 is 2.21 bits per heavy atom. The van der Waals surface area contributed by atoms with E-state index in [1.165, 1.54) is 0 Å². The van der Waals surface area contributed by atoms with Crippen LogP contribution in [-0.4, -0.2) is 13.3 Å². The minimum absolute atomic E-state index is 0.296. The van der Waals surface area contributed by atoms with Gasteiger partial charge in [-0.2, -0.15) is 0 Å². The standard InChI is InChI=1S/C12H16FO/c1-4-14-12-7-11(10(3)8-13)6-5-9(12)2/h5-7,10H,3-4,8H2,1-2H3. The summed E-state index contributed by atoms with van der Waals surface area (Å²) in [7, 11) is 0. The van der Waals surface area contributed by atoms with E-state index >= 15 is 0 Å². The number of alkyl halides is 1. The molecule has 0 fully saturated rings. The van der Waals surface area contributed by atoms with E-state index < -0.39 is 6.67 Å². The molecule has 1 nitrogen and oxygen atoms in total. The first kappa shape index (κ1) is 11.0. The summed E-state index contributed by atoms with van der Waals surface area (Å²) >= 11 is 0. The van der Waals surface area contributed by atoms with Crippen molar-refractivity contribution in [2.75, 3.05) is 13.3 Å². The van der Waals surface area contributed by atoms with Gasteiger partial charge in [0.05, 0.1) is 13.3 Å². The minimum atomic E-state index is -0.436. The van der Waals surface area contributed by atoms with E-state index in [4.69, 9.17) is 4.74 Å². The van der Waals surface area contributed by atoms with E-state index in [0.717, 1.165) is 16.9 Å². The Kier molecular flexibility index (Phi) is 3.93. The van der Waals surface area contributed by atoms with Gasteiger partial charge in [0.25, 0.3) is 0 Å². The summed E-state index contributed by atoms with van der Waals surface area (Å²) in [4.78, 5) is 0. The molecule has 1 radical (unpaired) electrons. The van der Waals surface area contributed by atoms with Gasteiger partial charge < -0.3 is 4.74 Å². The summed E-state index contributed by atoms with van der Waals surface area (Å²) in [6.45, 7) is 7.83. The van der Waals surface area contributed by atoms with Crippen molar-refractivity contribution < 1.29 is 9.13 Å². The Morgan fingerprint density at radius 1 is 1.50 bits per heavy atom. The number of aryl methyl sites for hydroxylation is 1. The molecule has 1 aromatic carbocycles. The van der Waals surface area contributed by atoms with Crippen LogP contribution in [0.5, 0.6) is 5.75 Å². The first-order valence-electron chi connectivity index (χ1n) is 4.81. The molecular weight excluding hydrogens is 179 g/mol. The molecule has 14 heavy (non-hydrogen) atoms. The average molecular weight is 195 g/mol. The van der Waals surface area contributed by atoms with Crippen molar-refractivity contribution in [2.45, 2.75) is 19.8 Å². The molecule has 77 valence electrons. The molecular formula is C12H16FO.